The molecule has 198 valence electrons. The Morgan fingerprint density at radius 1 is 0.333 bits per heavy atom. The monoisotopic (exact) mass is 538 g/mol. The topological polar surface area (TPSA) is 51.6 Å². The zero-order valence-corrected chi connectivity index (χ0v) is 22.8. The second kappa shape index (κ2) is 11.4. The van der Waals surface area contributed by atoms with Crippen molar-refractivity contribution < 1.29 is 0 Å². The lowest BCUT2D eigenvalue weighted by Crippen LogP contribution is -2.17. The molecule has 0 fully saturated rings. The maximum atomic E-state index is 4.53. The molecular formula is C38H26N4. The standard InChI is InChI=1S/C38H26N4/c1-3-11-27(12-4-1)33(29-15-7-19-39-23-29)37-35(31-17-9-21-41-25-31)36(32-18-10-22-42-26-32)38(37)34(28-13-5-2-6-14-28)30-16-8-20-40-24-30/h1-26H/b37-33+,38-34+. The first kappa shape index (κ1) is 25.2. The summed E-state index contributed by atoms with van der Waals surface area (Å²) < 4.78 is 0. The van der Waals surface area contributed by atoms with E-state index in [1.54, 1.807) is 0 Å². The molecule has 4 aromatic heterocycles. The highest BCUT2D eigenvalue weighted by Gasteiger charge is 2.38. The lowest BCUT2D eigenvalue weighted by molar-refractivity contribution is 1.26. The second-order valence-electron chi connectivity index (χ2n) is 9.95. The summed E-state index contributed by atoms with van der Waals surface area (Å²) in [5.74, 6) is 0. The minimum Gasteiger partial charge on any atom is -0.264 e. The molecule has 0 aliphatic heterocycles. The van der Waals surface area contributed by atoms with Gasteiger partial charge in [-0.05, 0) is 57.7 Å². The molecule has 6 aromatic rings. The molecule has 0 radical (unpaired) electrons. The molecular weight excluding hydrogens is 512 g/mol. The molecule has 0 saturated carbocycles. The van der Waals surface area contributed by atoms with Crippen LogP contribution in [-0.2, 0) is 0 Å². The quantitative estimate of drug-likeness (QED) is 0.214. The van der Waals surface area contributed by atoms with E-state index in [1.165, 1.54) is 0 Å². The van der Waals surface area contributed by atoms with Crippen LogP contribution in [0.3, 0.4) is 0 Å². The van der Waals surface area contributed by atoms with Crippen molar-refractivity contribution in [3.05, 3.63) is 203 Å². The van der Waals surface area contributed by atoms with Crippen molar-refractivity contribution in [1.29, 1.82) is 0 Å². The van der Waals surface area contributed by atoms with Crippen LogP contribution in [0.4, 0.5) is 0 Å². The Labute approximate surface area is 245 Å². The van der Waals surface area contributed by atoms with E-state index in [0.717, 1.165) is 66.8 Å². The summed E-state index contributed by atoms with van der Waals surface area (Å²) in [6.07, 6.45) is 15.1. The van der Waals surface area contributed by atoms with Crippen molar-refractivity contribution in [2.24, 2.45) is 0 Å². The predicted octanol–water partition coefficient (Wildman–Crippen LogP) is 8.20. The Balaban J connectivity index is 1.71. The van der Waals surface area contributed by atoms with Gasteiger partial charge >= 0.3 is 0 Å². The van der Waals surface area contributed by atoms with Gasteiger partial charge in [-0.25, -0.2) is 0 Å². The van der Waals surface area contributed by atoms with Gasteiger partial charge in [-0.2, -0.15) is 0 Å². The number of aromatic nitrogens is 4. The Bertz CT molecular complexity index is 1690. The number of allylic oxidation sites excluding steroid dienone is 4. The third-order valence-corrected chi connectivity index (χ3v) is 7.43. The fourth-order valence-corrected chi connectivity index (χ4v) is 5.68. The van der Waals surface area contributed by atoms with Crippen molar-refractivity contribution in [3.63, 3.8) is 0 Å². The first-order chi connectivity index (χ1) is 20.9. The average molecular weight is 539 g/mol. The maximum Gasteiger partial charge on any atom is 0.0346 e. The van der Waals surface area contributed by atoms with Crippen LogP contribution < -0.4 is 0 Å². The number of hydrogen-bond donors (Lipinski definition) is 0. The Morgan fingerprint density at radius 3 is 1.02 bits per heavy atom. The van der Waals surface area contributed by atoms with E-state index >= 15 is 0 Å². The van der Waals surface area contributed by atoms with Crippen molar-refractivity contribution >= 4 is 22.3 Å². The fourth-order valence-electron chi connectivity index (χ4n) is 5.68. The van der Waals surface area contributed by atoms with Gasteiger partial charge in [-0.15, -0.1) is 0 Å². The summed E-state index contributed by atoms with van der Waals surface area (Å²) in [5, 5.41) is 0. The molecule has 1 aliphatic rings. The molecule has 4 nitrogen and oxygen atoms in total. The Kier molecular flexibility index (Phi) is 6.85. The SMILES string of the molecule is c1ccc(/C(=C2C(c3cccnc3)=C(c3cccnc3)C/2=C(/c2ccccc2)c2cccnc2)c2cccnc2)cc1. The van der Waals surface area contributed by atoms with E-state index in [0.29, 0.717) is 0 Å². The summed E-state index contributed by atoms with van der Waals surface area (Å²) in [7, 11) is 0. The van der Waals surface area contributed by atoms with Crippen LogP contribution in [0.15, 0.2) is 170 Å². The van der Waals surface area contributed by atoms with Crippen molar-refractivity contribution in [2.45, 2.75) is 0 Å². The summed E-state index contributed by atoms with van der Waals surface area (Å²) in [6, 6.07) is 37.6. The summed E-state index contributed by atoms with van der Waals surface area (Å²) >= 11 is 0. The summed E-state index contributed by atoms with van der Waals surface area (Å²) in [6.45, 7) is 0. The zero-order valence-electron chi connectivity index (χ0n) is 22.8. The van der Waals surface area contributed by atoms with Crippen LogP contribution in [0.2, 0.25) is 0 Å². The Hall–Kier alpha value is -5.74. The Morgan fingerprint density at radius 2 is 0.690 bits per heavy atom. The predicted molar refractivity (Wildman–Crippen MR) is 169 cm³/mol. The van der Waals surface area contributed by atoms with Gasteiger partial charge in [-0.3, -0.25) is 19.9 Å². The van der Waals surface area contributed by atoms with Gasteiger partial charge in [0.1, 0.15) is 0 Å². The normalized spacial score (nSPS) is 15.1. The van der Waals surface area contributed by atoms with Gasteiger partial charge < -0.3 is 0 Å². The number of rotatable bonds is 6. The number of pyridine rings is 4. The fraction of sp³-hybridized carbons (Fsp3) is 0. The van der Waals surface area contributed by atoms with Crippen LogP contribution in [0.25, 0.3) is 22.3 Å². The summed E-state index contributed by atoms with van der Waals surface area (Å²) in [4.78, 5) is 18.1. The van der Waals surface area contributed by atoms with Gasteiger partial charge in [0.2, 0.25) is 0 Å². The van der Waals surface area contributed by atoms with Gasteiger partial charge in [0.25, 0.3) is 0 Å². The van der Waals surface area contributed by atoms with Crippen LogP contribution >= 0.6 is 0 Å². The third kappa shape index (κ3) is 4.65. The molecule has 0 atom stereocenters. The number of hydrogen-bond acceptors (Lipinski definition) is 4. The van der Waals surface area contributed by atoms with E-state index in [-0.39, 0.29) is 0 Å². The average Bonchev–Trinajstić information content (AvgIpc) is 3.07. The van der Waals surface area contributed by atoms with Crippen LogP contribution in [0.1, 0.15) is 33.4 Å². The van der Waals surface area contributed by atoms with Gasteiger partial charge in [0.05, 0.1) is 0 Å². The lowest BCUT2D eigenvalue weighted by Gasteiger charge is -2.36. The van der Waals surface area contributed by atoms with E-state index in [4.69, 9.17) is 0 Å². The molecule has 0 amide bonds. The lowest BCUT2D eigenvalue weighted by atomic mass is 9.65. The minimum absolute atomic E-state index is 1.04. The van der Waals surface area contributed by atoms with E-state index in [1.807, 2.05) is 73.8 Å². The highest BCUT2D eigenvalue weighted by atomic mass is 14.6. The zero-order chi connectivity index (χ0) is 28.1. The highest BCUT2D eigenvalue weighted by Crippen LogP contribution is 2.57. The minimum atomic E-state index is 1.04. The number of benzene rings is 2. The largest absolute Gasteiger partial charge is 0.264 e. The van der Waals surface area contributed by atoms with E-state index in [2.05, 4.69) is 105 Å². The van der Waals surface area contributed by atoms with E-state index in [9.17, 15) is 0 Å². The molecule has 4 heterocycles. The molecule has 0 unspecified atom stereocenters. The highest BCUT2D eigenvalue weighted by molar-refractivity contribution is 6.26. The first-order valence-corrected chi connectivity index (χ1v) is 13.9. The van der Waals surface area contributed by atoms with Gasteiger partial charge in [0.15, 0.2) is 0 Å². The molecule has 42 heavy (non-hydrogen) atoms. The van der Waals surface area contributed by atoms with Crippen molar-refractivity contribution in [1.82, 2.24) is 19.9 Å². The van der Waals surface area contributed by atoms with Crippen molar-refractivity contribution in [3.8, 4) is 0 Å². The molecule has 4 heteroatoms. The molecule has 0 spiro atoms. The molecule has 1 aliphatic carbocycles. The van der Waals surface area contributed by atoms with Crippen molar-refractivity contribution in [2.75, 3.05) is 0 Å². The smallest absolute Gasteiger partial charge is 0.0346 e. The van der Waals surface area contributed by atoms with E-state index < -0.39 is 0 Å². The first-order valence-electron chi connectivity index (χ1n) is 13.9. The van der Waals surface area contributed by atoms with Gasteiger partial charge in [0, 0.05) is 83.0 Å². The molecule has 0 saturated heterocycles. The third-order valence-electron chi connectivity index (χ3n) is 7.43. The van der Waals surface area contributed by atoms with Gasteiger partial charge in [-0.1, -0.05) is 84.9 Å². The summed E-state index contributed by atoms with van der Waals surface area (Å²) in [5.41, 5.74) is 13.2. The molecule has 0 bridgehead atoms. The number of nitrogens with zero attached hydrogens (tertiary/aromatic N) is 4. The molecule has 0 N–H and O–H groups in total. The van der Waals surface area contributed by atoms with Crippen LogP contribution in [0.5, 0.6) is 0 Å². The second-order valence-corrected chi connectivity index (χ2v) is 9.95. The maximum absolute atomic E-state index is 4.53. The van der Waals surface area contributed by atoms with Crippen LogP contribution in [-0.4, -0.2) is 19.9 Å². The molecule has 2 aromatic carbocycles. The molecule has 7 rings (SSSR count). The van der Waals surface area contributed by atoms with Crippen LogP contribution in [0, 0.1) is 0 Å².